The summed E-state index contributed by atoms with van der Waals surface area (Å²) in [5, 5.41) is 2.99. The van der Waals surface area contributed by atoms with Gasteiger partial charge in [-0.3, -0.25) is 14.4 Å². The summed E-state index contributed by atoms with van der Waals surface area (Å²) < 4.78 is 0. The molecule has 2 atom stereocenters. The molecule has 2 unspecified atom stereocenters. The molecule has 1 heterocycles. The Balaban J connectivity index is 1.93. The molecule has 1 aliphatic rings. The fourth-order valence-electron chi connectivity index (χ4n) is 4.70. The largest absolute Gasteiger partial charge is 0.344 e. The molecule has 2 rings (SSSR count). The van der Waals surface area contributed by atoms with Crippen molar-refractivity contribution in [3.8, 4) is 0 Å². The van der Waals surface area contributed by atoms with Crippen LogP contribution in [0.2, 0.25) is 0 Å². The first-order valence-corrected chi connectivity index (χ1v) is 13.6. The van der Waals surface area contributed by atoms with E-state index in [9.17, 15) is 14.4 Å². The predicted molar refractivity (Wildman–Crippen MR) is 141 cm³/mol. The normalized spacial score (nSPS) is 16.7. The van der Waals surface area contributed by atoms with Gasteiger partial charge in [0.05, 0.1) is 0 Å². The maximum absolute atomic E-state index is 13.5. The van der Waals surface area contributed by atoms with Crippen molar-refractivity contribution in [3.05, 3.63) is 35.9 Å². The third-order valence-electron chi connectivity index (χ3n) is 6.78. The lowest BCUT2D eigenvalue weighted by molar-refractivity contribution is -0.144. The Morgan fingerprint density at radius 1 is 0.971 bits per heavy atom. The first-order valence-electron chi connectivity index (χ1n) is 13.6. The van der Waals surface area contributed by atoms with Gasteiger partial charge < -0.3 is 20.9 Å². The van der Waals surface area contributed by atoms with Crippen molar-refractivity contribution in [1.29, 1.82) is 0 Å². The molecule has 3 N–H and O–H groups in total. The summed E-state index contributed by atoms with van der Waals surface area (Å²) in [4.78, 5) is 42.6. The van der Waals surface area contributed by atoms with E-state index in [1.807, 2.05) is 47.1 Å². The molecule has 0 radical (unpaired) electrons. The van der Waals surface area contributed by atoms with Crippen LogP contribution in [0.1, 0.15) is 83.6 Å². The standard InChI is InChI=1S/C28H46N4O3/c1-3-4-5-6-12-17-27(34)32-20-19-31(22-23(32)2)28(35)25(21-24-14-9-7-10-15-24)30-26(33)16-11-8-13-18-29/h7,9-10,14-15,23,25H,3-6,8,11-13,16-22,29H2,1-2H3,(H,30,33). The van der Waals surface area contributed by atoms with Gasteiger partial charge in [-0.05, 0) is 38.3 Å². The molecule has 7 nitrogen and oxygen atoms in total. The summed E-state index contributed by atoms with van der Waals surface area (Å²) in [6, 6.07) is 9.16. The number of amides is 3. The highest BCUT2D eigenvalue weighted by Crippen LogP contribution is 2.16. The average Bonchev–Trinajstić information content (AvgIpc) is 2.86. The number of piperazine rings is 1. The maximum atomic E-state index is 13.5. The monoisotopic (exact) mass is 486 g/mol. The number of nitrogens with two attached hydrogens (primary N) is 1. The fourth-order valence-corrected chi connectivity index (χ4v) is 4.70. The number of nitrogens with zero attached hydrogens (tertiary/aromatic N) is 2. The number of rotatable bonds is 15. The maximum Gasteiger partial charge on any atom is 0.245 e. The van der Waals surface area contributed by atoms with E-state index in [0.29, 0.717) is 45.4 Å². The Labute approximate surface area is 211 Å². The van der Waals surface area contributed by atoms with E-state index in [0.717, 1.165) is 37.7 Å². The average molecular weight is 487 g/mol. The number of carbonyl (C=O) groups is 3. The molecule has 0 bridgehead atoms. The van der Waals surface area contributed by atoms with Crippen LogP contribution in [-0.2, 0) is 20.8 Å². The van der Waals surface area contributed by atoms with Gasteiger partial charge in [0.25, 0.3) is 0 Å². The number of carbonyl (C=O) groups excluding carboxylic acids is 3. The van der Waals surface area contributed by atoms with Crippen molar-refractivity contribution >= 4 is 17.7 Å². The van der Waals surface area contributed by atoms with Crippen molar-refractivity contribution in [2.45, 2.75) is 96.6 Å². The molecular weight excluding hydrogens is 440 g/mol. The van der Waals surface area contributed by atoms with E-state index in [2.05, 4.69) is 12.2 Å². The minimum absolute atomic E-state index is 0.0276. The van der Waals surface area contributed by atoms with E-state index in [1.165, 1.54) is 19.3 Å². The van der Waals surface area contributed by atoms with Crippen LogP contribution in [0.4, 0.5) is 0 Å². The lowest BCUT2D eigenvalue weighted by Gasteiger charge is -2.41. The van der Waals surface area contributed by atoms with Gasteiger partial charge in [0.2, 0.25) is 17.7 Å². The van der Waals surface area contributed by atoms with E-state index in [-0.39, 0.29) is 23.8 Å². The van der Waals surface area contributed by atoms with Gasteiger partial charge in [0, 0.05) is 44.9 Å². The second-order valence-electron chi connectivity index (χ2n) is 9.79. The Kier molecular flexibility index (Phi) is 13.4. The summed E-state index contributed by atoms with van der Waals surface area (Å²) in [5.74, 6) is 0.0247. The number of hydrogen-bond acceptors (Lipinski definition) is 4. The Morgan fingerprint density at radius 2 is 1.66 bits per heavy atom. The zero-order valence-corrected chi connectivity index (χ0v) is 21.8. The number of nitrogens with one attached hydrogen (secondary N) is 1. The molecule has 35 heavy (non-hydrogen) atoms. The third-order valence-corrected chi connectivity index (χ3v) is 6.78. The lowest BCUT2D eigenvalue weighted by Crippen LogP contribution is -2.59. The van der Waals surface area contributed by atoms with Gasteiger partial charge in [0.15, 0.2) is 0 Å². The van der Waals surface area contributed by atoms with Crippen LogP contribution >= 0.6 is 0 Å². The van der Waals surface area contributed by atoms with Crippen molar-refractivity contribution in [3.63, 3.8) is 0 Å². The predicted octanol–water partition coefficient (Wildman–Crippen LogP) is 3.65. The molecule has 1 aromatic rings. The summed E-state index contributed by atoms with van der Waals surface area (Å²) in [6.45, 7) is 6.37. The molecule has 7 heteroatoms. The van der Waals surface area contributed by atoms with E-state index in [4.69, 9.17) is 5.73 Å². The Hall–Kier alpha value is -2.41. The molecule has 196 valence electrons. The molecule has 0 spiro atoms. The molecule has 3 amide bonds. The summed E-state index contributed by atoms with van der Waals surface area (Å²) in [5.41, 5.74) is 6.55. The van der Waals surface area contributed by atoms with Crippen LogP contribution in [0.3, 0.4) is 0 Å². The number of unbranched alkanes of at least 4 members (excludes halogenated alkanes) is 6. The van der Waals surface area contributed by atoms with Gasteiger partial charge in [0.1, 0.15) is 6.04 Å². The van der Waals surface area contributed by atoms with Crippen molar-refractivity contribution in [1.82, 2.24) is 15.1 Å². The van der Waals surface area contributed by atoms with Crippen molar-refractivity contribution in [2.24, 2.45) is 5.73 Å². The van der Waals surface area contributed by atoms with Gasteiger partial charge in [-0.15, -0.1) is 0 Å². The van der Waals surface area contributed by atoms with E-state index >= 15 is 0 Å². The molecule has 0 aliphatic carbocycles. The molecule has 1 saturated heterocycles. The van der Waals surface area contributed by atoms with Crippen LogP contribution in [0, 0.1) is 0 Å². The quantitative estimate of drug-likeness (QED) is 0.370. The van der Waals surface area contributed by atoms with Gasteiger partial charge >= 0.3 is 0 Å². The van der Waals surface area contributed by atoms with Crippen molar-refractivity contribution in [2.75, 3.05) is 26.2 Å². The Morgan fingerprint density at radius 3 is 2.34 bits per heavy atom. The topological polar surface area (TPSA) is 95.7 Å². The van der Waals surface area contributed by atoms with Gasteiger partial charge in [-0.25, -0.2) is 0 Å². The highest BCUT2D eigenvalue weighted by Gasteiger charge is 2.33. The van der Waals surface area contributed by atoms with Crippen LogP contribution < -0.4 is 11.1 Å². The molecule has 0 saturated carbocycles. The van der Waals surface area contributed by atoms with Crippen LogP contribution in [0.5, 0.6) is 0 Å². The second kappa shape index (κ2) is 16.3. The van der Waals surface area contributed by atoms with Crippen LogP contribution in [0.25, 0.3) is 0 Å². The summed E-state index contributed by atoms with van der Waals surface area (Å²) in [6.07, 6.45) is 9.65. The highest BCUT2D eigenvalue weighted by molar-refractivity contribution is 5.88. The molecular formula is C28H46N4O3. The number of benzene rings is 1. The van der Waals surface area contributed by atoms with E-state index in [1.54, 1.807) is 0 Å². The van der Waals surface area contributed by atoms with Crippen molar-refractivity contribution < 1.29 is 14.4 Å². The van der Waals surface area contributed by atoms with Crippen LogP contribution in [-0.4, -0.2) is 65.8 Å². The molecule has 0 aromatic heterocycles. The minimum Gasteiger partial charge on any atom is -0.344 e. The lowest BCUT2D eigenvalue weighted by atomic mass is 10.0. The number of hydrogen-bond donors (Lipinski definition) is 2. The zero-order chi connectivity index (χ0) is 25.5. The first kappa shape index (κ1) is 28.8. The first-order chi connectivity index (χ1) is 17.0. The van der Waals surface area contributed by atoms with E-state index < -0.39 is 6.04 Å². The highest BCUT2D eigenvalue weighted by atomic mass is 16.2. The molecule has 1 aromatic carbocycles. The summed E-state index contributed by atoms with van der Waals surface area (Å²) in [7, 11) is 0. The van der Waals surface area contributed by atoms with Crippen LogP contribution in [0.15, 0.2) is 30.3 Å². The second-order valence-corrected chi connectivity index (χ2v) is 9.79. The molecule has 1 aliphatic heterocycles. The third kappa shape index (κ3) is 10.4. The minimum atomic E-state index is -0.604. The smallest absolute Gasteiger partial charge is 0.245 e. The fraction of sp³-hybridized carbons (Fsp3) is 0.679. The Bertz CT molecular complexity index is 771. The molecule has 1 fully saturated rings. The van der Waals surface area contributed by atoms with Gasteiger partial charge in [-0.1, -0.05) is 69.4 Å². The zero-order valence-electron chi connectivity index (χ0n) is 21.8. The van der Waals surface area contributed by atoms with Gasteiger partial charge in [-0.2, -0.15) is 0 Å². The summed E-state index contributed by atoms with van der Waals surface area (Å²) >= 11 is 0. The SMILES string of the molecule is CCCCCCCC(=O)N1CCN(C(=O)C(Cc2ccccc2)NC(=O)CCCCCN)CC1C.